The van der Waals surface area contributed by atoms with Gasteiger partial charge in [-0.25, -0.2) is 0 Å². The Hall–Kier alpha value is -0.0400. The molecule has 1 aliphatic rings. The van der Waals surface area contributed by atoms with Crippen molar-refractivity contribution in [3.63, 3.8) is 0 Å². The largest absolute Gasteiger partial charge is 0.381 e. The molecule has 42 valence electrons. The zero-order valence-electron chi connectivity index (χ0n) is 4.98. The molecule has 0 N–H and O–H groups in total. The number of hydrogen-bond acceptors (Lipinski definition) is 1. The molecule has 1 fully saturated rings. The van der Waals surface area contributed by atoms with E-state index in [0.717, 1.165) is 5.92 Å². The number of hydrogen-bond donors (Lipinski definition) is 0. The van der Waals surface area contributed by atoms with Crippen molar-refractivity contribution in [2.24, 2.45) is 5.92 Å². The maximum absolute atomic E-state index is 5.10. The molecule has 0 spiro atoms. The summed E-state index contributed by atoms with van der Waals surface area (Å²) in [7, 11) is 1.79. The topological polar surface area (TPSA) is 9.23 Å². The molecule has 2 unspecified atom stereocenters. The molecule has 1 saturated carbocycles. The van der Waals surface area contributed by atoms with Gasteiger partial charge in [-0.05, 0) is 18.8 Å². The third-order valence-electron chi connectivity index (χ3n) is 1.84. The van der Waals surface area contributed by atoms with E-state index in [1.807, 2.05) is 0 Å². The second-order valence-electron chi connectivity index (χ2n) is 2.33. The lowest BCUT2D eigenvalue weighted by Crippen LogP contribution is -2.30. The first-order chi connectivity index (χ1) is 3.34. The van der Waals surface area contributed by atoms with Gasteiger partial charge in [0.25, 0.3) is 0 Å². The molecule has 0 heterocycles. The predicted molar refractivity (Wildman–Crippen MR) is 29.2 cm³/mol. The fourth-order valence-corrected chi connectivity index (χ4v) is 0.986. The molecular weight excluding hydrogens is 88.1 g/mol. The van der Waals surface area contributed by atoms with Gasteiger partial charge in [0.1, 0.15) is 0 Å². The Balaban J connectivity index is 2.16. The van der Waals surface area contributed by atoms with E-state index in [4.69, 9.17) is 4.74 Å². The van der Waals surface area contributed by atoms with Crippen molar-refractivity contribution in [1.29, 1.82) is 0 Å². The van der Waals surface area contributed by atoms with Crippen LogP contribution in [0.25, 0.3) is 0 Å². The second-order valence-corrected chi connectivity index (χ2v) is 2.33. The lowest BCUT2D eigenvalue weighted by atomic mass is 9.84. The average molecular weight is 100 g/mol. The van der Waals surface area contributed by atoms with Crippen molar-refractivity contribution in [2.45, 2.75) is 25.9 Å². The first kappa shape index (κ1) is 5.10. The van der Waals surface area contributed by atoms with Gasteiger partial charge in [0, 0.05) is 7.11 Å². The summed E-state index contributed by atoms with van der Waals surface area (Å²) in [5, 5.41) is 0. The van der Waals surface area contributed by atoms with Crippen LogP contribution in [0.2, 0.25) is 0 Å². The van der Waals surface area contributed by atoms with Gasteiger partial charge in [-0.3, -0.25) is 0 Å². The molecule has 0 amide bonds. The Kier molecular flexibility index (Phi) is 1.33. The molecular formula is C6H12O. The quantitative estimate of drug-likeness (QED) is 0.484. The van der Waals surface area contributed by atoms with Crippen molar-refractivity contribution in [3.8, 4) is 0 Å². The van der Waals surface area contributed by atoms with Gasteiger partial charge >= 0.3 is 0 Å². The van der Waals surface area contributed by atoms with Crippen molar-refractivity contribution in [1.82, 2.24) is 0 Å². The minimum atomic E-state index is 0.583. The molecule has 0 aromatic rings. The monoisotopic (exact) mass is 100 g/mol. The fourth-order valence-electron chi connectivity index (χ4n) is 0.986. The zero-order chi connectivity index (χ0) is 5.28. The lowest BCUT2D eigenvalue weighted by molar-refractivity contribution is -0.00759. The van der Waals surface area contributed by atoms with Crippen LogP contribution in [0.1, 0.15) is 19.8 Å². The maximum atomic E-state index is 5.10. The Morgan fingerprint density at radius 2 is 2.14 bits per heavy atom. The standard InChI is InChI=1S/C6H12O/c1-5-3-4-6(5)7-2/h5-6H,3-4H2,1-2H3. The minimum absolute atomic E-state index is 0.583. The van der Waals surface area contributed by atoms with E-state index >= 15 is 0 Å². The van der Waals surface area contributed by atoms with Gasteiger partial charge in [-0.15, -0.1) is 0 Å². The Labute approximate surface area is 44.7 Å². The number of methoxy groups -OCH3 is 1. The van der Waals surface area contributed by atoms with Gasteiger partial charge in [0.2, 0.25) is 0 Å². The smallest absolute Gasteiger partial charge is 0.0597 e. The van der Waals surface area contributed by atoms with Crippen LogP contribution in [0.15, 0.2) is 0 Å². The molecule has 2 atom stereocenters. The highest BCUT2D eigenvalue weighted by Gasteiger charge is 2.25. The summed E-state index contributed by atoms with van der Waals surface area (Å²) < 4.78 is 5.10. The third-order valence-corrected chi connectivity index (χ3v) is 1.84. The Morgan fingerprint density at radius 3 is 2.14 bits per heavy atom. The van der Waals surface area contributed by atoms with Crippen LogP contribution in [0.3, 0.4) is 0 Å². The predicted octanol–water partition coefficient (Wildman–Crippen LogP) is 1.43. The highest BCUT2D eigenvalue weighted by atomic mass is 16.5. The van der Waals surface area contributed by atoms with Gasteiger partial charge < -0.3 is 4.74 Å². The summed E-state index contributed by atoms with van der Waals surface area (Å²) in [6, 6.07) is 0. The number of rotatable bonds is 1. The Morgan fingerprint density at radius 1 is 1.43 bits per heavy atom. The lowest BCUT2D eigenvalue weighted by Gasteiger charge is -2.31. The molecule has 0 bridgehead atoms. The van der Waals surface area contributed by atoms with Crippen LogP contribution >= 0.6 is 0 Å². The van der Waals surface area contributed by atoms with E-state index in [0.29, 0.717) is 6.10 Å². The summed E-state index contributed by atoms with van der Waals surface area (Å²) in [6.45, 7) is 2.23. The van der Waals surface area contributed by atoms with Crippen LogP contribution < -0.4 is 0 Å². The van der Waals surface area contributed by atoms with Gasteiger partial charge in [0.05, 0.1) is 6.10 Å². The average Bonchev–Trinajstić information content (AvgIpc) is 1.65. The SMILES string of the molecule is COC1CCC1C. The Bertz CT molecular complexity index is 59.2. The van der Waals surface area contributed by atoms with E-state index in [2.05, 4.69) is 6.92 Å². The van der Waals surface area contributed by atoms with Crippen molar-refractivity contribution in [2.75, 3.05) is 7.11 Å². The van der Waals surface area contributed by atoms with Crippen LogP contribution in [0.5, 0.6) is 0 Å². The first-order valence-electron chi connectivity index (χ1n) is 2.87. The summed E-state index contributed by atoms with van der Waals surface area (Å²) >= 11 is 0. The molecule has 0 aromatic carbocycles. The van der Waals surface area contributed by atoms with Crippen LogP contribution in [-0.2, 0) is 4.74 Å². The van der Waals surface area contributed by atoms with Crippen molar-refractivity contribution < 1.29 is 4.74 Å². The summed E-state index contributed by atoms with van der Waals surface area (Å²) in [5.74, 6) is 0.824. The molecule has 0 saturated heterocycles. The third kappa shape index (κ3) is 0.778. The van der Waals surface area contributed by atoms with Crippen molar-refractivity contribution >= 4 is 0 Å². The molecule has 1 aliphatic carbocycles. The van der Waals surface area contributed by atoms with E-state index in [-0.39, 0.29) is 0 Å². The van der Waals surface area contributed by atoms with Crippen LogP contribution in [0, 0.1) is 5.92 Å². The summed E-state index contributed by atoms with van der Waals surface area (Å²) in [6.07, 6.45) is 3.22. The number of ether oxygens (including phenoxy) is 1. The highest BCUT2D eigenvalue weighted by molar-refractivity contribution is 4.76. The summed E-state index contributed by atoms with van der Waals surface area (Å²) in [5.41, 5.74) is 0. The van der Waals surface area contributed by atoms with Gasteiger partial charge in [0.15, 0.2) is 0 Å². The molecule has 0 aliphatic heterocycles. The highest BCUT2D eigenvalue weighted by Crippen LogP contribution is 2.28. The van der Waals surface area contributed by atoms with Crippen molar-refractivity contribution in [3.05, 3.63) is 0 Å². The first-order valence-corrected chi connectivity index (χ1v) is 2.87. The fraction of sp³-hybridized carbons (Fsp3) is 1.00. The molecule has 1 rings (SSSR count). The van der Waals surface area contributed by atoms with Gasteiger partial charge in [-0.2, -0.15) is 0 Å². The van der Waals surface area contributed by atoms with Crippen LogP contribution in [-0.4, -0.2) is 13.2 Å². The summed E-state index contributed by atoms with van der Waals surface area (Å²) in [4.78, 5) is 0. The van der Waals surface area contributed by atoms with E-state index in [9.17, 15) is 0 Å². The van der Waals surface area contributed by atoms with E-state index in [1.165, 1.54) is 12.8 Å². The molecule has 1 nitrogen and oxygen atoms in total. The normalized spacial score (nSPS) is 40.3. The van der Waals surface area contributed by atoms with Crippen LogP contribution in [0.4, 0.5) is 0 Å². The molecule has 7 heavy (non-hydrogen) atoms. The molecule has 0 aromatic heterocycles. The van der Waals surface area contributed by atoms with E-state index < -0.39 is 0 Å². The van der Waals surface area contributed by atoms with E-state index in [1.54, 1.807) is 7.11 Å². The minimum Gasteiger partial charge on any atom is -0.381 e. The van der Waals surface area contributed by atoms with Gasteiger partial charge in [-0.1, -0.05) is 6.92 Å². The second kappa shape index (κ2) is 1.83. The molecule has 0 radical (unpaired) electrons. The molecule has 1 heteroatoms. The zero-order valence-corrected chi connectivity index (χ0v) is 4.98. The maximum Gasteiger partial charge on any atom is 0.0597 e.